The maximum Gasteiger partial charge on any atom is 0.278 e. The molecule has 0 unspecified atom stereocenters. The van der Waals surface area contributed by atoms with Gasteiger partial charge in [0.15, 0.2) is 0 Å². The van der Waals surface area contributed by atoms with Crippen molar-refractivity contribution in [1.82, 2.24) is 14.1 Å². The van der Waals surface area contributed by atoms with E-state index >= 15 is 0 Å². The standard InChI is InChI=1S/C23H25N3O3S/c1-15-9-10-20(13-16(15)2)23(27)26-18(4)22(17(3)24-26)30(28,29)25-12-11-19-7-5-6-8-21(19)14-25/h5-10,13H,11-12,14H2,1-4H3. The Kier molecular flexibility index (Phi) is 5.11. The fourth-order valence-electron chi connectivity index (χ4n) is 4.00. The molecule has 156 valence electrons. The van der Waals surface area contributed by atoms with Gasteiger partial charge in [0.2, 0.25) is 10.0 Å². The van der Waals surface area contributed by atoms with Crippen LogP contribution in [0.25, 0.3) is 0 Å². The topological polar surface area (TPSA) is 72.3 Å². The van der Waals surface area contributed by atoms with Crippen molar-refractivity contribution in [1.29, 1.82) is 0 Å². The SMILES string of the molecule is Cc1ccc(C(=O)n2nc(C)c(S(=O)(=O)N3CCc4ccccc4C3)c2C)cc1C. The van der Waals surface area contributed by atoms with E-state index in [9.17, 15) is 13.2 Å². The van der Waals surface area contributed by atoms with Crippen LogP contribution >= 0.6 is 0 Å². The minimum absolute atomic E-state index is 0.124. The molecule has 0 atom stereocenters. The third-order valence-corrected chi connectivity index (χ3v) is 7.96. The lowest BCUT2D eigenvalue weighted by molar-refractivity contribution is 0.0942. The second kappa shape index (κ2) is 7.49. The van der Waals surface area contributed by atoms with Crippen LogP contribution < -0.4 is 0 Å². The van der Waals surface area contributed by atoms with Crippen LogP contribution in [0.5, 0.6) is 0 Å². The minimum atomic E-state index is -3.78. The Bertz CT molecular complexity index is 1260. The van der Waals surface area contributed by atoms with E-state index in [0.29, 0.717) is 36.5 Å². The maximum absolute atomic E-state index is 13.5. The number of hydrogen-bond donors (Lipinski definition) is 0. The Balaban J connectivity index is 1.71. The Morgan fingerprint density at radius 2 is 1.67 bits per heavy atom. The summed E-state index contributed by atoms with van der Waals surface area (Å²) < 4.78 is 29.6. The molecule has 0 fully saturated rings. The van der Waals surface area contributed by atoms with Gasteiger partial charge >= 0.3 is 0 Å². The van der Waals surface area contributed by atoms with Crippen LogP contribution in [0.3, 0.4) is 0 Å². The third kappa shape index (κ3) is 3.38. The molecule has 0 amide bonds. The molecule has 0 radical (unpaired) electrons. The van der Waals surface area contributed by atoms with Crippen molar-refractivity contribution in [2.75, 3.05) is 6.54 Å². The number of carbonyl (C=O) groups is 1. The smallest absolute Gasteiger partial charge is 0.267 e. The first kappa shape index (κ1) is 20.5. The average molecular weight is 424 g/mol. The predicted molar refractivity (Wildman–Crippen MR) is 115 cm³/mol. The van der Waals surface area contributed by atoms with Crippen LogP contribution in [0.4, 0.5) is 0 Å². The summed E-state index contributed by atoms with van der Waals surface area (Å²) in [6, 6.07) is 13.3. The average Bonchev–Trinajstić information content (AvgIpc) is 3.03. The fraction of sp³-hybridized carbons (Fsp3) is 0.304. The quantitative estimate of drug-likeness (QED) is 0.646. The highest BCUT2D eigenvalue weighted by molar-refractivity contribution is 7.89. The molecule has 4 rings (SSSR count). The van der Waals surface area contributed by atoms with E-state index in [0.717, 1.165) is 16.7 Å². The van der Waals surface area contributed by atoms with Gasteiger partial charge in [0.25, 0.3) is 5.91 Å². The Hall–Kier alpha value is -2.77. The van der Waals surface area contributed by atoms with Crippen molar-refractivity contribution < 1.29 is 13.2 Å². The van der Waals surface area contributed by atoms with Gasteiger partial charge in [-0.25, -0.2) is 8.42 Å². The molecule has 0 aliphatic carbocycles. The molecule has 6 nitrogen and oxygen atoms in total. The highest BCUT2D eigenvalue weighted by atomic mass is 32.2. The van der Waals surface area contributed by atoms with Gasteiger partial charge < -0.3 is 0 Å². The van der Waals surface area contributed by atoms with Gasteiger partial charge in [0.1, 0.15) is 4.90 Å². The first-order valence-electron chi connectivity index (χ1n) is 9.95. The van der Waals surface area contributed by atoms with Crippen molar-refractivity contribution in [2.45, 2.75) is 45.6 Å². The van der Waals surface area contributed by atoms with Crippen molar-refractivity contribution in [3.63, 3.8) is 0 Å². The van der Waals surface area contributed by atoms with Crippen LogP contribution in [-0.4, -0.2) is 35.0 Å². The van der Waals surface area contributed by atoms with E-state index in [1.807, 2.05) is 50.2 Å². The third-order valence-electron chi connectivity index (χ3n) is 5.86. The Morgan fingerprint density at radius 1 is 0.967 bits per heavy atom. The Labute approximate surface area is 177 Å². The summed E-state index contributed by atoms with van der Waals surface area (Å²) in [4.78, 5) is 13.2. The van der Waals surface area contributed by atoms with Gasteiger partial charge in [-0.1, -0.05) is 30.3 Å². The van der Waals surface area contributed by atoms with Gasteiger partial charge in [0.05, 0.1) is 11.4 Å². The lowest BCUT2D eigenvalue weighted by atomic mass is 10.0. The molecule has 0 saturated heterocycles. The molecule has 0 bridgehead atoms. The molecule has 0 spiro atoms. The van der Waals surface area contributed by atoms with Gasteiger partial charge in [-0.2, -0.15) is 14.1 Å². The van der Waals surface area contributed by atoms with Crippen LogP contribution in [0.15, 0.2) is 47.4 Å². The summed E-state index contributed by atoms with van der Waals surface area (Å²) in [5.74, 6) is -0.330. The number of aryl methyl sites for hydroxylation is 3. The van der Waals surface area contributed by atoms with E-state index < -0.39 is 10.0 Å². The summed E-state index contributed by atoms with van der Waals surface area (Å²) in [7, 11) is -3.78. The van der Waals surface area contributed by atoms with Gasteiger partial charge in [-0.15, -0.1) is 0 Å². The number of sulfonamides is 1. The highest BCUT2D eigenvalue weighted by Gasteiger charge is 2.34. The van der Waals surface area contributed by atoms with Gasteiger partial charge in [-0.3, -0.25) is 4.79 Å². The number of fused-ring (bicyclic) bond motifs is 1. The number of hydrogen-bond acceptors (Lipinski definition) is 4. The summed E-state index contributed by atoms with van der Waals surface area (Å²) in [6.07, 6.45) is 0.670. The van der Waals surface area contributed by atoms with Crippen molar-refractivity contribution >= 4 is 15.9 Å². The lowest BCUT2D eigenvalue weighted by Gasteiger charge is -2.28. The second-order valence-electron chi connectivity index (χ2n) is 7.87. The summed E-state index contributed by atoms with van der Waals surface area (Å²) in [6.45, 7) is 7.94. The Morgan fingerprint density at radius 3 is 2.37 bits per heavy atom. The second-order valence-corrected chi connectivity index (χ2v) is 9.75. The van der Waals surface area contributed by atoms with E-state index in [2.05, 4.69) is 5.10 Å². The number of aromatic nitrogens is 2. The molecular formula is C23H25N3O3S. The number of benzene rings is 2. The summed E-state index contributed by atoms with van der Waals surface area (Å²) in [5, 5.41) is 4.31. The van der Waals surface area contributed by atoms with E-state index in [1.54, 1.807) is 19.9 Å². The van der Waals surface area contributed by atoms with Crippen LogP contribution in [0, 0.1) is 27.7 Å². The van der Waals surface area contributed by atoms with Crippen LogP contribution in [0.2, 0.25) is 0 Å². The summed E-state index contributed by atoms with van der Waals surface area (Å²) >= 11 is 0. The molecular weight excluding hydrogens is 398 g/mol. The molecule has 1 aliphatic rings. The van der Waals surface area contributed by atoms with Gasteiger partial charge in [-0.05, 0) is 68.5 Å². The largest absolute Gasteiger partial charge is 0.278 e. The van der Waals surface area contributed by atoms with E-state index in [4.69, 9.17) is 0 Å². The van der Waals surface area contributed by atoms with E-state index in [-0.39, 0.29) is 10.8 Å². The monoisotopic (exact) mass is 423 g/mol. The lowest BCUT2D eigenvalue weighted by Crippen LogP contribution is -2.36. The van der Waals surface area contributed by atoms with Crippen LogP contribution in [-0.2, 0) is 23.0 Å². The van der Waals surface area contributed by atoms with Gasteiger partial charge in [0, 0.05) is 18.7 Å². The molecule has 2 heterocycles. The normalized spacial score (nSPS) is 14.5. The molecule has 0 saturated carbocycles. The molecule has 0 N–H and O–H groups in total. The maximum atomic E-state index is 13.5. The first-order chi connectivity index (χ1) is 14.2. The molecule has 1 aliphatic heterocycles. The fourth-order valence-corrected chi connectivity index (χ4v) is 5.77. The highest BCUT2D eigenvalue weighted by Crippen LogP contribution is 2.29. The predicted octanol–water partition coefficient (Wildman–Crippen LogP) is 3.55. The zero-order valence-electron chi connectivity index (χ0n) is 17.6. The molecule has 2 aromatic carbocycles. The number of carbonyl (C=O) groups excluding carboxylic acids is 1. The molecule has 1 aromatic heterocycles. The van der Waals surface area contributed by atoms with Crippen molar-refractivity contribution in [3.05, 3.63) is 81.7 Å². The minimum Gasteiger partial charge on any atom is -0.267 e. The van der Waals surface area contributed by atoms with Crippen molar-refractivity contribution in [3.8, 4) is 0 Å². The number of nitrogens with zero attached hydrogens (tertiary/aromatic N) is 3. The van der Waals surface area contributed by atoms with E-state index in [1.165, 1.54) is 14.6 Å². The molecule has 3 aromatic rings. The van der Waals surface area contributed by atoms with Crippen LogP contribution in [0.1, 0.15) is 44.0 Å². The summed E-state index contributed by atoms with van der Waals surface area (Å²) in [5.41, 5.74) is 5.45. The number of rotatable bonds is 3. The zero-order valence-corrected chi connectivity index (χ0v) is 18.5. The molecule has 7 heteroatoms. The zero-order chi connectivity index (χ0) is 21.6. The molecule has 30 heavy (non-hydrogen) atoms. The first-order valence-corrected chi connectivity index (χ1v) is 11.4. The van der Waals surface area contributed by atoms with Crippen molar-refractivity contribution in [2.24, 2.45) is 0 Å².